The standard InChI is InChI=1S/C66H36B2N2O2S2/c1-2-16-40-39(15-1)47-35-61-51(67-49-21-7-13-27-57(49)71-59-29-37(31-63(73-61)65(59)67)69-53-23-9-3-17-41(53)42-18-4-10-24-54(42)69)33-45(47)46-34-52-62(36-48(40)46)74-64-32-38(30-60-66(64)68(52)50-22-8-14-28-58(50)72-60)70-55-25-11-5-19-43(55)44-20-6-12-26-56(44)70/h1-36H. The van der Waals surface area contributed by atoms with Gasteiger partial charge in [-0.1, -0.05) is 180 Å². The summed E-state index contributed by atoms with van der Waals surface area (Å²) in [6, 6.07) is 80.9. The van der Waals surface area contributed by atoms with Crippen LogP contribution in [0.25, 0.3) is 87.3 Å². The van der Waals surface area contributed by atoms with Gasteiger partial charge >= 0.3 is 0 Å². The van der Waals surface area contributed by atoms with Crippen LogP contribution in [-0.4, -0.2) is 22.6 Å². The second-order valence-electron chi connectivity index (χ2n) is 20.2. The zero-order valence-corrected chi connectivity index (χ0v) is 41.1. The highest BCUT2D eigenvalue weighted by Crippen LogP contribution is 2.46. The number of para-hydroxylation sites is 6. The Morgan fingerprint density at radius 1 is 0.270 bits per heavy atom. The van der Waals surface area contributed by atoms with E-state index in [4.69, 9.17) is 9.47 Å². The van der Waals surface area contributed by atoms with Crippen LogP contribution < -0.4 is 42.3 Å². The number of nitrogens with zero attached hydrogens (tertiary/aromatic N) is 2. The Bertz CT molecular complexity index is 4490. The summed E-state index contributed by atoms with van der Waals surface area (Å²) in [7, 11) is 0. The minimum Gasteiger partial charge on any atom is -0.458 e. The molecule has 0 saturated heterocycles. The van der Waals surface area contributed by atoms with Gasteiger partial charge in [-0.25, -0.2) is 0 Å². The molecule has 2 aromatic heterocycles. The van der Waals surface area contributed by atoms with Crippen molar-refractivity contribution in [3.63, 3.8) is 0 Å². The number of hydrogen-bond donors (Lipinski definition) is 0. The lowest BCUT2D eigenvalue weighted by Gasteiger charge is -2.34. The van der Waals surface area contributed by atoms with Crippen LogP contribution in [0.1, 0.15) is 0 Å². The Hall–Kier alpha value is -8.55. The van der Waals surface area contributed by atoms with E-state index in [0.29, 0.717) is 0 Å². The van der Waals surface area contributed by atoms with E-state index in [0.717, 1.165) is 34.4 Å². The molecular weight excluding hydrogens is 938 g/mol. The van der Waals surface area contributed by atoms with Gasteiger partial charge in [-0.05, 0) is 115 Å². The maximum Gasteiger partial charge on any atom is 0.253 e. The van der Waals surface area contributed by atoms with Crippen molar-refractivity contribution in [2.75, 3.05) is 0 Å². The van der Waals surface area contributed by atoms with Gasteiger partial charge < -0.3 is 18.6 Å². The van der Waals surface area contributed by atoms with E-state index in [1.807, 2.05) is 23.5 Å². The van der Waals surface area contributed by atoms with Crippen molar-refractivity contribution in [1.29, 1.82) is 0 Å². The molecule has 18 rings (SSSR count). The molecule has 0 aliphatic carbocycles. The smallest absolute Gasteiger partial charge is 0.253 e. The minimum atomic E-state index is -0.00644. The van der Waals surface area contributed by atoms with Crippen molar-refractivity contribution < 1.29 is 9.47 Å². The highest BCUT2D eigenvalue weighted by Gasteiger charge is 2.42. The molecule has 0 bridgehead atoms. The van der Waals surface area contributed by atoms with Crippen molar-refractivity contribution >= 4 is 146 Å². The predicted octanol–water partition coefficient (Wildman–Crippen LogP) is 13.5. The van der Waals surface area contributed by atoms with Crippen LogP contribution in [-0.2, 0) is 0 Å². The Balaban J connectivity index is 0.865. The molecule has 0 radical (unpaired) electrons. The molecule has 0 amide bonds. The maximum atomic E-state index is 7.00. The zero-order chi connectivity index (χ0) is 47.9. The first-order chi connectivity index (χ1) is 36.7. The third kappa shape index (κ3) is 5.28. The fraction of sp³-hybridized carbons (Fsp3) is 0. The SMILES string of the molecule is c1ccc2c(c1)Oc1cc(-n3c4ccccc4c4ccccc43)cc3c1B2c1cc2c(cc1S3)c1ccccc1c1cc3c(cc12)B1c2ccccc2Oc2cc(-n4c5ccccc5c5ccccc54)cc(c21)S3. The van der Waals surface area contributed by atoms with Crippen LogP contribution >= 0.6 is 23.5 Å². The van der Waals surface area contributed by atoms with Crippen LogP contribution in [0.15, 0.2) is 238 Å². The summed E-state index contributed by atoms with van der Waals surface area (Å²) in [4.78, 5) is 5.03. The van der Waals surface area contributed by atoms with Crippen LogP contribution in [0, 0.1) is 0 Å². The summed E-state index contributed by atoms with van der Waals surface area (Å²) in [5, 5.41) is 12.6. The third-order valence-electron chi connectivity index (χ3n) is 16.5. The highest BCUT2D eigenvalue weighted by molar-refractivity contribution is 8.00. The lowest BCUT2D eigenvalue weighted by Crippen LogP contribution is -2.58. The van der Waals surface area contributed by atoms with E-state index in [1.54, 1.807) is 0 Å². The van der Waals surface area contributed by atoms with Gasteiger partial charge in [-0.3, -0.25) is 0 Å². The Morgan fingerprint density at radius 2 is 0.608 bits per heavy atom. The molecule has 74 heavy (non-hydrogen) atoms. The number of rotatable bonds is 2. The molecule has 12 aromatic carbocycles. The van der Waals surface area contributed by atoms with Crippen LogP contribution in [0.4, 0.5) is 0 Å². The van der Waals surface area contributed by atoms with E-state index in [1.165, 1.54) is 128 Å². The van der Waals surface area contributed by atoms with E-state index in [-0.39, 0.29) is 13.4 Å². The summed E-state index contributed by atoms with van der Waals surface area (Å²) >= 11 is 3.77. The largest absolute Gasteiger partial charge is 0.458 e. The number of benzene rings is 12. The monoisotopic (exact) mass is 974 g/mol. The molecule has 6 heterocycles. The van der Waals surface area contributed by atoms with Crippen LogP contribution in [0.2, 0.25) is 0 Å². The van der Waals surface area contributed by atoms with Crippen molar-refractivity contribution in [1.82, 2.24) is 9.13 Å². The average molecular weight is 975 g/mol. The van der Waals surface area contributed by atoms with Crippen molar-refractivity contribution in [3.05, 3.63) is 218 Å². The summed E-state index contributed by atoms with van der Waals surface area (Å²) in [5.41, 5.74) is 14.5. The van der Waals surface area contributed by atoms with Gasteiger partial charge in [-0.2, -0.15) is 0 Å². The predicted molar refractivity (Wildman–Crippen MR) is 311 cm³/mol. The van der Waals surface area contributed by atoms with E-state index in [9.17, 15) is 0 Å². The number of ether oxygens (including phenoxy) is 2. The normalized spacial score (nSPS) is 13.7. The molecule has 340 valence electrons. The topological polar surface area (TPSA) is 28.3 Å². The molecule has 0 saturated carbocycles. The number of fused-ring (bicyclic) bond motifs is 20. The van der Waals surface area contributed by atoms with E-state index in [2.05, 4.69) is 228 Å². The first-order valence-electron chi connectivity index (χ1n) is 25.4. The molecular formula is C66H36B2N2O2S2. The summed E-state index contributed by atoms with van der Waals surface area (Å²) < 4.78 is 18.8. The van der Waals surface area contributed by atoms with E-state index >= 15 is 0 Å². The van der Waals surface area contributed by atoms with Crippen molar-refractivity contribution in [3.8, 4) is 34.4 Å². The molecule has 8 heteroatoms. The quantitative estimate of drug-likeness (QED) is 0.127. The van der Waals surface area contributed by atoms with Gasteiger partial charge in [0, 0.05) is 53.3 Å². The van der Waals surface area contributed by atoms with Gasteiger partial charge in [0.1, 0.15) is 23.0 Å². The number of aromatic nitrogens is 2. The molecule has 4 nitrogen and oxygen atoms in total. The maximum absolute atomic E-state index is 7.00. The lowest BCUT2D eigenvalue weighted by molar-refractivity contribution is 0.486. The van der Waals surface area contributed by atoms with Gasteiger partial charge in [0.05, 0.1) is 33.4 Å². The first-order valence-corrected chi connectivity index (χ1v) is 27.0. The Morgan fingerprint density at radius 3 is 1.01 bits per heavy atom. The molecule has 4 aliphatic rings. The third-order valence-corrected chi connectivity index (χ3v) is 18.8. The van der Waals surface area contributed by atoms with E-state index < -0.39 is 0 Å². The molecule has 0 spiro atoms. The van der Waals surface area contributed by atoms with Crippen LogP contribution in [0.3, 0.4) is 0 Å². The van der Waals surface area contributed by atoms with Gasteiger partial charge in [-0.15, -0.1) is 0 Å². The minimum absolute atomic E-state index is 0.00644. The summed E-state index contributed by atoms with van der Waals surface area (Å²) in [6.07, 6.45) is 0. The molecule has 4 aliphatic heterocycles. The van der Waals surface area contributed by atoms with Crippen molar-refractivity contribution in [2.45, 2.75) is 19.6 Å². The molecule has 14 aromatic rings. The average Bonchev–Trinajstić information content (AvgIpc) is 4.02. The van der Waals surface area contributed by atoms with Crippen molar-refractivity contribution in [2.24, 2.45) is 0 Å². The summed E-state index contributed by atoms with van der Waals surface area (Å²) in [6.45, 7) is -0.0129. The fourth-order valence-electron chi connectivity index (χ4n) is 13.5. The second kappa shape index (κ2) is 14.6. The molecule has 0 unspecified atom stereocenters. The highest BCUT2D eigenvalue weighted by atomic mass is 32.2. The Kier molecular flexibility index (Phi) is 7.87. The summed E-state index contributed by atoms with van der Waals surface area (Å²) in [5.74, 6) is 3.67. The number of hydrogen-bond acceptors (Lipinski definition) is 4. The first kappa shape index (κ1) is 40.0. The van der Waals surface area contributed by atoms with Crippen LogP contribution in [0.5, 0.6) is 23.0 Å². The van der Waals surface area contributed by atoms with Gasteiger partial charge in [0.15, 0.2) is 0 Å². The fourth-order valence-corrected chi connectivity index (χ4v) is 15.9. The Labute approximate surface area is 433 Å². The molecule has 0 atom stereocenters. The molecule has 0 N–H and O–H groups in total. The molecule has 0 fully saturated rings. The second-order valence-corrected chi connectivity index (χ2v) is 22.4. The van der Waals surface area contributed by atoms with Gasteiger partial charge in [0.2, 0.25) is 0 Å². The lowest BCUT2D eigenvalue weighted by atomic mass is 9.35. The van der Waals surface area contributed by atoms with Gasteiger partial charge in [0.25, 0.3) is 13.4 Å². The zero-order valence-electron chi connectivity index (χ0n) is 39.5.